The number of furan rings is 1. The molecule has 0 bridgehead atoms. The summed E-state index contributed by atoms with van der Waals surface area (Å²) in [7, 11) is 0. The summed E-state index contributed by atoms with van der Waals surface area (Å²) in [6, 6.07) is 7.09. The molecule has 1 aromatic heterocycles. The van der Waals surface area contributed by atoms with Gasteiger partial charge in [0.05, 0.1) is 5.56 Å². The number of ketones is 1. The van der Waals surface area contributed by atoms with Crippen LogP contribution in [0.4, 0.5) is 0 Å². The first-order valence-electron chi connectivity index (χ1n) is 4.21. The Morgan fingerprint density at radius 3 is 2.71 bits per heavy atom. The molecule has 0 amide bonds. The topological polar surface area (TPSA) is 47.3 Å². The number of fused-ring (bicyclic) bond motifs is 1. The molecule has 1 aromatic carbocycles. The Hall–Kier alpha value is -1.90. The Labute approximate surface area is 80.3 Å². The van der Waals surface area contributed by atoms with Gasteiger partial charge in [-0.25, -0.2) is 0 Å². The number of hydrogen-bond acceptors (Lipinski definition) is 3. The molecule has 0 aliphatic carbocycles. The smallest absolute Gasteiger partial charge is 0.195 e. The van der Waals surface area contributed by atoms with Gasteiger partial charge >= 0.3 is 0 Å². The lowest BCUT2D eigenvalue weighted by Crippen LogP contribution is -1.93. The first-order valence-corrected chi connectivity index (χ1v) is 4.21. The second kappa shape index (κ2) is 3.10. The summed E-state index contributed by atoms with van der Waals surface area (Å²) in [5.74, 6) is -0.0931. The van der Waals surface area contributed by atoms with Crippen LogP contribution in [0.1, 0.15) is 27.8 Å². The van der Waals surface area contributed by atoms with Crippen LogP contribution in [0.5, 0.6) is 0 Å². The van der Waals surface area contributed by atoms with E-state index in [2.05, 4.69) is 0 Å². The van der Waals surface area contributed by atoms with Crippen LogP contribution >= 0.6 is 0 Å². The Bertz CT molecular complexity index is 508. The molecule has 0 N–H and O–H groups in total. The van der Waals surface area contributed by atoms with Crippen LogP contribution in [0.3, 0.4) is 0 Å². The van der Waals surface area contributed by atoms with Crippen molar-refractivity contribution in [2.24, 2.45) is 0 Å². The summed E-state index contributed by atoms with van der Waals surface area (Å²) < 4.78 is 5.27. The summed E-state index contributed by atoms with van der Waals surface area (Å²) >= 11 is 0. The van der Waals surface area contributed by atoms with E-state index in [1.54, 1.807) is 24.3 Å². The fraction of sp³-hybridized carbons (Fsp3) is 0.0909. The molecule has 0 aliphatic rings. The standard InChI is InChI=1S/C11H8O3/c1-7(13)11-9(6-12)8-4-2-3-5-10(8)14-11/h2-6H,1H3. The van der Waals surface area contributed by atoms with Crippen molar-refractivity contribution in [3.8, 4) is 0 Å². The van der Waals surface area contributed by atoms with Crippen molar-refractivity contribution in [3.63, 3.8) is 0 Å². The van der Waals surface area contributed by atoms with Crippen molar-refractivity contribution in [1.82, 2.24) is 0 Å². The van der Waals surface area contributed by atoms with Gasteiger partial charge in [-0.15, -0.1) is 0 Å². The summed E-state index contributed by atoms with van der Waals surface area (Å²) in [6.45, 7) is 1.38. The van der Waals surface area contributed by atoms with E-state index in [0.717, 1.165) is 0 Å². The molecule has 1 heterocycles. The van der Waals surface area contributed by atoms with Crippen molar-refractivity contribution in [1.29, 1.82) is 0 Å². The highest BCUT2D eigenvalue weighted by molar-refractivity contribution is 6.07. The minimum absolute atomic E-state index is 0.140. The zero-order valence-corrected chi connectivity index (χ0v) is 7.61. The largest absolute Gasteiger partial charge is 0.452 e. The van der Waals surface area contributed by atoms with Gasteiger partial charge in [-0.3, -0.25) is 9.59 Å². The molecule has 0 atom stereocenters. The normalized spacial score (nSPS) is 10.4. The van der Waals surface area contributed by atoms with E-state index >= 15 is 0 Å². The molecular weight excluding hydrogens is 180 g/mol. The van der Waals surface area contributed by atoms with Gasteiger partial charge in [0.1, 0.15) is 5.58 Å². The van der Waals surface area contributed by atoms with E-state index in [0.29, 0.717) is 22.8 Å². The van der Waals surface area contributed by atoms with Gasteiger partial charge in [-0.05, 0) is 6.07 Å². The first kappa shape index (κ1) is 8.69. The SMILES string of the molecule is CC(=O)c1oc2ccccc2c1C=O. The highest BCUT2D eigenvalue weighted by Gasteiger charge is 2.15. The predicted molar refractivity (Wildman–Crippen MR) is 51.6 cm³/mol. The number of carbonyl (C=O) groups excluding carboxylic acids is 2. The predicted octanol–water partition coefficient (Wildman–Crippen LogP) is 2.45. The van der Waals surface area contributed by atoms with Crippen LogP contribution < -0.4 is 0 Å². The molecule has 0 fully saturated rings. The lowest BCUT2D eigenvalue weighted by Gasteiger charge is -1.87. The van der Waals surface area contributed by atoms with Crippen molar-refractivity contribution in [3.05, 3.63) is 35.6 Å². The molecule has 0 saturated heterocycles. The highest BCUT2D eigenvalue weighted by atomic mass is 16.3. The molecule has 0 saturated carbocycles. The Morgan fingerprint density at radius 1 is 1.36 bits per heavy atom. The third-order valence-corrected chi connectivity index (χ3v) is 2.07. The summed E-state index contributed by atoms with van der Waals surface area (Å²) in [6.07, 6.45) is 0.655. The van der Waals surface area contributed by atoms with Gasteiger partial charge in [-0.1, -0.05) is 18.2 Å². The molecule has 3 heteroatoms. The van der Waals surface area contributed by atoms with Gasteiger partial charge < -0.3 is 4.42 Å². The minimum atomic E-state index is -0.233. The number of rotatable bonds is 2. The molecule has 3 nitrogen and oxygen atoms in total. The number of benzene rings is 1. The maximum Gasteiger partial charge on any atom is 0.195 e. The summed E-state index contributed by atoms with van der Waals surface area (Å²) in [5, 5.41) is 0.688. The number of hydrogen-bond donors (Lipinski definition) is 0. The van der Waals surface area contributed by atoms with Gasteiger partial charge in [0.15, 0.2) is 17.8 Å². The molecule has 0 aliphatic heterocycles. The lowest BCUT2D eigenvalue weighted by atomic mass is 10.1. The van der Waals surface area contributed by atoms with Crippen LogP contribution in [0.25, 0.3) is 11.0 Å². The number of Topliss-reactive ketones (excluding diaryl/α,β-unsaturated/α-hetero) is 1. The number of aldehydes is 1. The zero-order chi connectivity index (χ0) is 10.1. The monoisotopic (exact) mass is 188 g/mol. The molecule has 0 spiro atoms. The van der Waals surface area contributed by atoms with E-state index < -0.39 is 0 Å². The molecule has 0 unspecified atom stereocenters. The molecule has 0 radical (unpaired) electrons. The fourth-order valence-corrected chi connectivity index (χ4v) is 1.44. The van der Waals surface area contributed by atoms with Crippen LogP contribution in [-0.2, 0) is 0 Å². The minimum Gasteiger partial charge on any atom is -0.452 e. The molecule has 14 heavy (non-hydrogen) atoms. The third kappa shape index (κ3) is 1.14. The second-order valence-corrected chi connectivity index (χ2v) is 3.02. The van der Waals surface area contributed by atoms with Crippen molar-refractivity contribution >= 4 is 23.0 Å². The molecule has 70 valence electrons. The molecular formula is C11H8O3. The highest BCUT2D eigenvalue weighted by Crippen LogP contribution is 2.24. The molecule has 2 rings (SSSR count). The van der Waals surface area contributed by atoms with Crippen molar-refractivity contribution < 1.29 is 14.0 Å². The van der Waals surface area contributed by atoms with Crippen LogP contribution in [-0.4, -0.2) is 12.1 Å². The van der Waals surface area contributed by atoms with E-state index in [4.69, 9.17) is 4.42 Å². The average molecular weight is 188 g/mol. The van der Waals surface area contributed by atoms with Gasteiger partial charge in [-0.2, -0.15) is 0 Å². The van der Waals surface area contributed by atoms with E-state index in [-0.39, 0.29) is 11.5 Å². The Kier molecular flexibility index (Phi) is 1.93. The second-order valence-electron chi connectivity index (χ2n) is 3.02. The average Bonchev–Trinajstić information content (AvgIpc) is 2.56. The van der Waals surface area contributed by atoms with Gasteiger partial charge in [0.25, 0.3) is 0 Å². The van der Waals surface area contributed by atoms with E-state index in [9.17, 15) is 9.59 Å². The van der Waals surface area contributed by atoms with Crippen molar-refractivity contribution in [2.45, 2.75) is 6.92 Å². The van der Waals surface area contributed by atoms with Crippen LogP contribution in [0.15, 0.2) is 28.7 Å². The molecule has 2 aromatic rings. The summed E-state index contributed by atoms with van der Waals surface area (Å²) in [5.41, 5.74) is 0.910. The lowest BCUT2D eigenvalue weighted by molar-refractivity contribution is 0.0981. The Balaban J connectivity index is 2.85. The van der Waals surface area contributed by atoms with Gasteiger partial charge in [0.2, 0.25) is 0 Å². The third-order valence-electron chi connectivity index (χ3n) is 2.07. The van der Waals surface area contributed by atoms with Crippen LogP contribution in [0.2, 0.25) is 0 Å². The number of carbonyl (C=O) groups is 2. The van der Waals surface area contributed by atoms with E-state index in [1.165, 1.54) is 6.92 Å². The van der Waals surface area contributed by atoms with E-state index in [1.807, 2.05) is 0 Å². The number of para-hydroxylation sites is 1. The zero-order valence-electron chi connectivity index (χ0n) is 7.61. The quantitative estimate of drug-likeness (QED) is 0.537. The Morgan fingerprint density at radius 2 is 2.07 bits per heavy atom. The first-order chi connectivity index (χ1) is 6.74. The maximum atomic E-state index is 11.1. The fourth-order valence-electron chi connectivity index (χ4n) is 1.44. The van der Waals surface area contributed by atoms with Gasteiger partial charge in [0, 0.05) is 12.3 Å². The van der Waals surface area contributed by atoms with Crippen LogP contribution in [0, 0.1) is 0 Å². The summed E-state index contributed by atoms with van der Waals surface area (Å²) in [4.78, 5) is 21.9. The van der Waals surface area contributed by atoms with Crippen molar-refractivity contribution in [2.75, 3.05) is 0 Å². The maximum absolute atomic E-state index is 11.1.